The zero-order valence-electron chi connectivity index (χ0n) is 14.5. The Labute approximate surface area is 156 Å². The second kappa shape index (κ2) is 7.67. The molecular formula is C18H18N2O6S. The lowest BCUT2D eigenvalue weighted by atomic mass is 10.2. The molecule has 27 heavy (non-hydrogen) atoms. The van der Waals surface area contributed by atoms with Gasteiger partial charge in [-0.2, -0.15) is 0 Å². The van der Waals surface area contributed by atoms with Gasteiger partial charge in [0.15, 0.2) is 0 Å². The predicted octanol–water partition coefficient (Wildman–Crippen LogP) is 1.03. The third-order valence-electron chi connectivity index (χ3n) is 3.95. The number of hydrogen-bond donors (Lipinski definition) is 1. The molecule has 0 spiro atoms. The number of carbonyl (C=O) groups excluding carboxylic acids is 2. The largest absolute Gasteiger partial charge is 0.497 e. The first-order chi connectivity index (χ1) is 12.9. The summed E-state index contributed by atoms with van der Waals surface area (Å²) in [5.41, 5.74) is 0.0770. The van der Waals surface area contributed by atoms with Gasteiger partial charge in [-0.25, -0.2) is 12.7 Å². The van der Waals surface area contributed by atoms with E-state index in [9.17, 15) is 18.0 Å². The van der Waals surface area contributed by atoms with Gasteiger partial charge in [0.05, 0.1) is 19.2 Å². The lowest BCUT2D eigenvalue weighted by Crippen LogP contribution is -2.41. The van der Waals surface area contributed by atoms with Gasteiger partial charge in [0.1, 0.15) is 29.5 Å². The van der Waals surface area contributed by atoms with Gasteiger partial charge in [-0.15, -0.1) is 0 Å². The van der Waals surface area contributed by atoms with Crippen molar-refractivity contribution < 1.29 is 27.5 Å². The van der Waals surface area contributed by atoms with Crippen molar-refractivity contribution in [3.05, 3.63) is 54.1 Å². The number of carbonyl (C=O) groups is 2. The molecule has 3 rings (SSSR count). The standard InChI is InChI=1S/C18H18N2O6S/c1-25-13-6-8-14(9-7-13)26-11-10-19-17(21)12-20-18(22)15-4-2-3-5-16(15)27(20,23)24/h2-9H,10-12H2,1H3,(H,19,21). The number of sulfonamides is 1. The molecule has 1 aliphatic rings. The van der Waals surface area contributed by atoms with E-state index in [0.29, 0.717) is 15.8 Å². The Kier molecular flexibility index (Phi) is 5.31. The number of benzene rings is 2. The number of nitrogens with one attached hydrogen (secondary N) is 1. The second-order valence-electron chi connectivity index (χ2n) is 5.69. The molecular weight excluding hydrogens is 372 g/mol. The van der Waals surface area contributed by atoms with Crippen LogP contribution in [0.2, 0.25) is 0 Å². The molecule has 0 aromatic heterocycles. The molecule has 0 saturated carbocycles. The molecule has 0 bridgehead atoms. The molecule has 0 fully saturated rings. The zero-order chi connectivity index (χ0) is 19.4. The smallest absolute Gasteiger partial charge is 0.269 e. The Morgan fingerprint density at radius 3 is 2.41 bits per heavy atom. The third kappa shape index (κ3) is 3.87. The predicted molar refractivity (Wildman–Crippen MR) is 96.2 cm³/mol. The Bertz CT molecular complexity index is 956. The van der Waals surface area contributed by atoms with Gasteiger partial charge in [0, 0.05) is 0 Å². The van der Waals surface area contributed by atoms with Crippen molar-refractivity contribution in [2.24, 2.45) is 0 Å². The first-order valence-electron chi connectivity index (χ1n) is 8.13. The van der Waals surface area contributed by atoms with E-state index in [1.165, 1.54) is 18.2 Å². The highest BCUT2D eigenvalue weighted by molar-refractivity contribution is 7.90. The van der Waals surface area contributed by atoms with E-state index in [-0.39, 0.29) is 23.6 Å². The normalized spacial score (nSPS) is 14.6. The van der Waals surface area contributed by atoms with Gasteiger partial charge >= 0.3 is 0 Å². The van der Waals surface area contributed by atoms with Crippen LogP contribution in [0.5, 0.6) is 11.5 Å². The number of ether oxygens (including phenoxy) is 2. The minimum absolute atomic E-state index is 0.0770. The van der Waals surface area contributed by atoms with Crippen LogP contribution >= 0.6 is 0 Å². The van der Waals surface area contributed by atoms with Crippen molar-refractivity contribution >= 4 is 21.8 Å². The van der Waals surface area contributed by atoms with Gasteiger partial charge in [0.25, 0.3) is 15.9 Å². The van der Waals surface area contributed by atoms with Crippen molar-refractivity contribution in [2.75, 3.05) is 26.8 Å². The summed E-state index contributed by atoms with van der Waals surface area (Å²) < 4.78 is 35.9. The maximum absolute atomic E-state index is 12.4. The number of fused-ring (bicyclic) bond motifs is 1. The molecule has 2 amide bonds. The highest BCUT2D eigenvalue weighted by Crippen LogP contribution is 2.29. The molecule has 0 aliphatic carbocycles. The van der Waals surface area contributed by atoms with Gasteiger partial charge in [0.2, 0.25) is 5.91 Å². The monoisotopic (exact) mass is 390 g/mol. The van der Waals surface area contributed by atoms with Crippen LogP contribution in [0.4, 0.5) is 0 Å². The fourth-order valence-electron chi connectivity index (χ4n) is 2.60. The summed E-state index contributed by atoms with van der Waals surface area (Å²) in [6.45, 7) is -0.211. The first-order valence-corrected chi connectivity index (χ1v) is 9.57. The molecule has 0 unspecified atom stereocenters. The van der Waals surface area contributed by atoms with Crippen LogP contribution in [-0.2, 0) is 14.8 Å². The van der Waals surface area contributed by atoms with Crippen molar-refractivity contribution in [3.8, 4) is 11.5 Å². The molecule has 1 N–H and O–H groups in total. The Balaban J connectivity index is 1.50. The average molecular weight is 390 g/mol. The number of amides is 2. The number of rotatable bonds is 7. The number of hydrogen-bond acceptors (Lipinski definition) is 6. The Morgan fingerprint density at radius 1 is 1.07 bits per heavy atom. The summed E-state index contributed by atoms with van der Waals surface area (Å²) in [5, 5.41) is 2.54. The first kappa shape index (κ1) is 18.7. The van der Waals surface area contributed by atoms with Gasteiger partial charge < -0.3 is 14.8 Å². The average Bonchev–Trinajstić information content (AvgIpc) is 2.87. The number of nitrogens with zero attached hydrogens (tertiary/aromatic N) is 1. The lowest BCUT2D eigenvalue weighted by molar-refractivity contribution is -0.121. The second-order valence-corrected chi connectivity index (χ2v) is 7.52. The van der Waals surface area contributed by atoms with Crippen molar-refractivity contribution in [1.82, 2.24) is 9.62 Å². The van der Waals surface area contributed by atoms with Crippen LogP contribution in [0.15, 0.2) is 53.4 Å². The third-order valence-corrected chi connectivity index (χ3v) is 5.74. The minimum atomic E-state index is -3.99. The maximum atomic E-state index is 12.4. The highest BCUT2D eigenvalue weighted by Gasteiger charge is 2.41. The molecule has 1 aliphatic heterocycles. The molecule has 142 valence electrons. The van der Waals surface area contributed by atoms with Crippen molar-refractivity contribution in [3.63, 3.8) is 0 Å². The van der Waals surface area contributed by atoms with Gasteiger partial charge in [-0.1, -0.05) is 12.1 Å². The molecule has 0 atom stereocenters. The van der Waals surface area contributed by atoms with Gasteiger partial charge in [-0.05, 0) is 36.4 Å². The van der Waals surface area contributed by atoms with Crippen LogP contribution in [-0.4, -0.2) is 51.3 Å². The number of methoxy groups -OCH3 is 1. The highest BCUT2D eigenvalue weighted by atomic mass is 32.2. The summed E-state index contributed by atoms with van der Waals surface area (Å²) >= 11 is 0. The topological polar surface area (TPSA) is 102 Å². The Hall–Kier alpha value is -3.07. The summed E-state index contributed by atoms with van der Waals surface area (Å²) in [5.74, 6) is 0.0271. The lowest BCUT2D eigenvalue weighted by Gasteiger charge is -2.15. The molecule has 0 radical (unpaired) electrons. The molecule has 8 nitrogen and oxygen atoms in total. The SMILES string of the molecule is COc1ccc(OCCNC(=O)CN2C(=O)c3ccccc3S2(=O)=O)cc1. The summed E-state index contributed by atoms with van der Waals surface area (Å²) in [6.07, 6.45) is 0. The molecule has 2 aromatic carbocycles. The fraction of sp³-hybridized carbons (Fsp3) is 0.222. The van der Waals surface area contributed by atoms with Crippen LogP contribution in [0.25, 0.3) is 0 Å². The van der Waals surface area contributed by atoms with Gasteiger partial charge in [-0.3, -0.25) is 9.59 Å². The summed E-state index contributed by atoms with van der Waals surface area (Å²) in [7, 11) is -2.43. The van der Waals surface area contributed by atoms with Crippen LogP contribution in [0, 0.1) is 0 Å². The fourth-order valence-corrected chi connectivity index (χ4v) is 4.13. The molecule has 9 heteroatoms. The zero-order valence-corrected chi connectivity index (χ0v) is 15.4. The Morgan fingerprint density at radius 2 is 1.74 bits per heavy atom. The van der Waals surface area contributed by atoms with E-state index in [0.717, 1.165) is 0 Å². The quantitative estimate of drug-likeness (QED) is 0.709. The van der Waals surface area contributed by atoms with Crippen molar-refractivity contribution in [2.45, 2.75) is 4.90 Å². The van der Waals surface area contributed by atoms with E-state index < -0.39 is 28.4 Å². The van der Waals surface area contributed by atoms with E-state index >= 15 is 0 Å². The van der Waals surface area contributed by atoms with Crippen LogP contribution < -0.4 is 14.8 Å². The maximum Gasteiger partial charge on any atom is 0.269 e. The van der Waals surface area contributed by atoms with E-state index in [4.69, 9.17) is 9.47 Å². The molecule has 1 heterocycles. The summed E-state index contributed by atoms with van der Waals surface area (Å²) in [6, 6.07) is 12.8. The molecule has 0 saturated heterocycles. The van der Waals surface area contributed by atoms with E-state index in [1.807, 2.05) is 0 Å². The van der Waals surface area contributed by atoms with E-state index in [2.05, 4.69) is 5.32 Å². The summed E-state index contributed by atoms with van der Waals surface area (Å²) in [4.78, 5) is 24.2. The van der Waals surface area contributed by atoms with E-state index in [1.54, 1.807) is 37.4 Å². The minimum Gasteiger partial charge on any atom is -0.497 e. The van der Waals surface area contributed by atoms with Crippen molar-refractivity contribution in [1.29, 1.82) is 0 Å². The van der Waals surface area contributed by atoms with Crippen LogP contribution in [0.1, 0.15) is 10.4 Å². The van der Waals surface area contributed by atoms with Crippen LogP contribution in [0.3, 0.4) is 0 Å². The molecule has 2 aromatic rings.